The Kier molecular flexibility index (Phi) is 5.88. The first kappa shape index (κ1) is 21.3. The number of nitrogens with one attached hydrogen (secondary N) is 2. The Balaban J connectivity index is 1.21. The average Bonchev–Trinajstić information content (AvgIpc) is 3.14. The molecule has 33 heavy (non-hydrogen) atoms. The smallest absolute Gasteiger partial charge is 0.286 e. The summed E-state index contributed by atoms with van der Waals surface area (Å²) in [6.07, 6.45) is 1.21. The minimum atomic E-state index is -0.411. The predicted octanol–water partition coefficient (Wildman–Crippen LogP) is 4.18. The molecule has 2 aliphatic heterocycles. The van der Waals surface area contributed by atoms with Gasteiger partial charge in [0.2, 0.25) is 11.8 Å². The fraction of sp³-hybridized carbons (Fsp3) is 0.192. The van der Waals surface area contributed by atoms with Crippen LogP contribution in [0.15, 0.2) is 72.8 Å². The molecule has 166 valence electrons. The van der Waals surface area contributed by atoms with Gasteiger partial charge in [-0.2, -0.15) is 0 Å². The molecular formula is C26H22N2O4S. The number of ether oxygens (including phenoxy) is 1. The maximum absolute atomic E-state index is 13.2. The molecular weight excluding hydrogens is 436 g/mol. The lowest BCUT2D eigenvalue weighted by Gasteiger charge is -2.27. The molecule has 2 N–H and O–H groups in total. The number of thioether (sulfide) groups is 1. The summed E-state index contributed by atoms with van der Waals surface area (Å²) in [5.41, 5.74) is 3.82. The standard InChI is InChI=1S/C26H22N2O4S/c29-24-22(33-26(31)28-24)15-17-11-9-16(10-12-17)13-14-27-25(30)23-18-5-1-3-7-20(18)32-21-8-4-2-6-19(21)23/h1-12,22-23H,13-15H2,(H,27,30)(H,28,29,31)/t22-/m1/s1. The molecule has 0 aromatic heterocycles. The lowest BCUT2D eigenvalue weighted by atomic mass is 9.87. The number of carbonyl (C=O) groups excluding carboxylic acids is 3. The van der Waals surface area contributed by atoms with E-state index in [1.165, 1.54) is 0 Å². The van der Waals surface area contributed by atoms with Gasteiger partial charge in [-0.3, -0.25) is 19.7 Å². The third kappa shape index (κ3) is 4.50. The molecule has 2 heterocycles. The van der Waals surface area contributed by atoms with E-state index in [2.05, 4.69) is 10.6 Å². The van der Waals surface area contributed by atoms with E-state index in [4.69, 9.17) is 4.74 Å². The second-order valence-corrected chi connectivity index (χ2v) is 9.23. The van der Waals surface area contributed by atoms with E-state index in [1.54, 1.807) is 0 Å². The summed E-state index contributed by atoms with van der Waals surface area (Å²) in [6, 6.07) is 23.2. The maximum Gasteiger partial charge on any atom is 0.286 e. The SMILES string of the molecule is O=C1NC(=O)[C@@H](Cc2ccc(CCNC(=O)C3c4ccccc4Oc4ccccc43)cc2)S1. The molecule has 3 aromatic carbocycles. The number of para-hydroxylation sites is 2. The second kappa shape index (κ2) is 9.11. The van der Waals surface area contributed by atoms with Crippen LogP contribution < -0.4 is 15.4 Å². The number of benzene rings is 3. The Morgan fingerprint density at radius 1 is 0.879 bits per heavy atom. The zero-order valence-corrected chi connectivity index (χ0v) is 18.6. The van der Waals surface area contributed by atoms with Crippen LogP contribution in [0.1, 0.15) is 28.2 Å². The lowest BCUT2D eigenvalue weighted by molar-refractivity contribution is -0.122. The molecule has 0 unspecified atom stereocenters. The maximum atomic E-state index is 13.2. The third-order valence-electron chi connectivity index (χ3n) is 5.87. The van der Waals surface area contributed by atoms with Crippen LogP contribution in [-0.4, -0.2) is 28.8 Å². The van der Waals surface area contributed by atoms with E-state index in [1.807, 2.05) is 72.8 Å². The van der Waals surface area contributed by atoms with Crippen molar-refractivity contribution in [1.29, 1.82) is 0 Å². The molecule has 5 rings (SSSR count). The normalized spacial score (nSPS) is 17.0. The Morgan fingerprint density at radius 2 is 1.48 bits per heavy atom. The van der Waals surface area contributed by atoms with Gasteiger partial charge in [0.15, 0.2) is 0 Å². The van der Waals surface area contributed by atoms with E-state index >= 15 is 0 Å². The van der Waals surface area contributed by atoms with Crippen LogP contribution in [0, 0.1) is 0 Å². The molecule has 0 spiro atoms. The highest BCUT2D eigenvalue weighted by molar-refractivity contribution is 8.15. The molecule has 1 atom stereocenters. The lowest BCUT2D eigenvalue weighted by Crippen LogP contribution is -2.33. The highest BCUT2D eigenvalue weighted by Gasteiger charge is 2.32. The van der Waals surface area contributed by atoms with Crippen molar-refractivity contribution in [3.63, 3.8) is 0 Å². The van der Waals surface area contributed by atoms with Crippen molar-refractivity contribution < 1.29 is 19.1 Å². The molecule has 6 nitrogen and oxygen atoms in total. The highest BCUT2D eigenvalue weighted by Crippen LogP contribution is 2.43. The van der Waals surface area contributed by atoms with Crippen LogP contribution in [0.4, 0.5) is 4.79 Å². The van der Waals surface area contributed by atoms with Crippen LogP contribution in [0.25, 0.3) is 0 Å². The largest absolute Gasteiger partial charge is 0.457 e. The van der Waals surface area contributed by atoms with Crippen molar-refractivity contribution >= 4 is 28.8 Å². The molecule has 0 saturated carbocycles. The van der Waals surface area contributed by atoms with E-state index in [0.717, 1.165) is 34.0 Å². The van der Waals surface area contributed by atoms with Crippen LogP contribution in [-0.2, 0) is 22.4 Å². The van der Waals surface area contributed by atoms with Gasteiger partial charge in [0.05, 0.1) is 11.2 Å². The molecule has 1 fully saturated rings. The fourth-order valence-electron chi connectivity index (χ4n) is 4.21. The summed E-state index contributed by atoms with van der Waals surface area (Å²) in [7, 11) is 0. The van der Waals surface area contributed by atoms with E-state index < -0.39 is 5.92 Å². The zero-order valence-electron chi connectivity index (χ0n) is 17.7. The monoisotopic (exact) mass is 458 g/mol. The topological polar surface area (TPSA) is 84.5 Å². The molecule has 3 aromatic rings. The van der Waals surface area contributed by atoms with Crippen molar-refractivity contribution in [2.24, 2.45) is 0 Å². The van der Waals surface area contributed by atoms with Gasteiger partial charge in [-0.05, 0) is 36.1 Å². The Bertz CT molecular complexity index is 1180. The van der Waals surface area contributed by atoms with Crippen molar-refractivity contribution in [1.82, 2.24) is 10.6 Å². The van der Waals surface area contributed by atoms with Crippen molar-refractivity contribution in [2.75, 3.05) is 6.54 Å². The van der Waals surface area contributed by atoms with Crippen molar-refractivity contribution in [3.05, 3.63) is 95.1 Å². The summed E-state index contributed by atoms with van der Waals surface area (Å²) in [5.74, 6) is 0.730. The van der Waals surface area contributed by atoms with Gasteiger partial charge in [0, 0.05) is 17.7 Å². The van der Waals surface area contributed by atoms with Gasteiger partial charge in [0.1, 0.15) is 11.5 Å². The summed E-state index contributed by atoms with van der Waals surface area (Å²) in [4.78, 5) is 36.3. The third-order valence-corrected chi connectivity index (χ3v) is 6.85. The number of hydrogen-bond acceptors (Lipinski definition) is 5. The number of carbonyl (C=O) groups is 3. The van der Waals surface area contributed by atoms with Crippen LogP contribution in [0.5, 0.6) is 11.5 Å². The fourth-order valence-corrected chi connectivity index (χ4v) is 5.07. The van der Waals surface area contributed by atoms with Gasteiger partial charge < -0.3 is 10.1 Å². The van der Waals surface area contributed by atoms with E-state index in [0.29, 0.717) is 30.9 Å². The summed E-state index contributed by atoms with van der Waals surface area (Å²) in [5, 5.41) is 4.74. The van der Waals surface area contributed by atoms with Gasteiger partial charge in [-0.15, -0.1) is 0 Å². The zero-order chi connectivity index (χ0) is 22.8. The van der Waals surface area contributed by atoms with Crippen molar-refractivity contribution in [3.8, 4) is 11.5 Å². The number of imide groups is 1. The van der Waals surface area contributed by atoms with Crippen LogP contribution in [0.2, 0.25) is 0 Å². The first-order chi connectivity index (χ1) is 16.1. The molecule has 0 radical (unpaired) electrons. The highest BCUT2D eigenvalue weighted by atomic mass is 32.2. The van der Waals surface area contributed by atoms with Crippen LogP contribution >= 0.6 is 11.8 Å². The molecule has 7 heteroatoms. The summed E-state index contributed by atoms with van der Waals surface area (Å²) >= 11 is 1.04. The predicted molar refractivity (Wildman–Crippen MR) is 127 cm³/mol. The average molecular weight is 459 g/mol. The van der Waals surface area contributed by atoms with Gasteiger partial charge in [-0.1, -0.05) is 72.4 Å². The molecule has 0 bridgehead atoms. The first-order valence-corrected chi connectivity index (χ1v) is 11.7. The molecule has 3 amide bonds. The molecule has 2 aliphatic rings. The van der Waals surface area contributed by atoms with Crippen molar-refractivity contribution in [2.45, 2.75) is 24.0 Å². The minimum Gasteiger partial charge on any atom is -0.457 e. The minimum absolute atomic E-state index is 0.0521. The van der Waals surface area contributed by atoms with Gasteiger partial charge in [0.25, 0.3) is 5.24 Å². The number of amides is 3. The first-order valence-electron chi connectivity index (χ1n) is 10.8. The second-order valence-electron chi connectivity index (χ2n) is 8.06. The Hall–Kier alpha value is -3.58. The summed E-state index contributed by atoms with van der Waals surface area (Å²) in [6.45, 7) is 0.509. The number of hydrogen-bond donors (Lipinski definition) is 2. The Labute approximate surface area is 195 Å². The van der Waals surface area contributed by atoms with E-state index in [9.17, 15) is 14.4 Å². The van der Waals surface area contributed by atoms with Gasteiger partial charge >= 0.3 is 0 Å². The number of fused-ring (bicyclic) bond motifs is 2. The van der Waals surface area contributed by atoms with Crippen LogP contribution in [0.3, 0.4) is 0 Å². The summed E-state index contributed by atoms with van der Waals surface area (Å²) < 4.78 is 5.98. The quantitative estimate of drug-likeness (QED) is 0.579. The van der Waals surface area contributed by atoms with Gasteiger partial charge in [-0.25, -0.2) is 0 Å². The molecule has 1 saturated heterocycles. The van der Waals surface area contributed by atoms with E-state index in [-0.39, 0.29) is 22.3 Å². The molecule has 0 aliphatic carbocycles. The Morgan fingerprint density at radius 3 is 2.09 bits per heavy atom. The number of rotatable bonds is 6.